The standard InChI is InChI=1S/C5H7ClN4O/c1-10-4(2-6)8-5(9-10)7-3-11/h3H,2H2,1H3,(H,7,9,11). The van der Waals surface area contributed by atoms with E-state index >= 15 is 0 Å². The number of rotatable bonds is 3. The van der Waals surface area contributed by atoms with Crippen molar-refractivity contribution in [2.24, 2.45) is 7.05 Å². The molecule has 1 rings (SSSR count). The largest absolute Gasteiger partial charge is 0.296 e. The third-order valence-corrected chi connectivity index (χ3v) is 1.40. The van der Waals surface area contributed by atoms with Crippen LogP contribution in [0.2, 0.25) is 0 Å². The van der Waals surface area contributed by atoms with Crippen molar-refractivity contribution in [2.75, 3.05) is 5.32 Å². The summed E-state index contributed by atoms with van der Waals surface area (Å²) in [5.41, 5.74) is 0. The lowest BCUT2D eigenvalue weighted by Crippen LogP contribution is -1.97. The molecule has 0 aromatic carbocycles. The SMILES string of the molecule is Cn1nc(NC=O)nc1CCl. The Morgan fingerprint density at radius 1 is 1.82 bits per heavy atom. The van der Waals surface area contributed by atoms with Crippen molar-refractivity contribution < 1.29 is 4.79 Å². The van der Waals surface area contributed by atoms with Crippen molar-refractivity contribution in [3.63, 3.8) is 0 Å². The molecule has 1 amide bonds. The topological polar surface area (TPSA) is 59.8 Å². The molecule has 0 atom stereocenters. The molecule has 0 aliphatic carbocycles. The molecule has 1 aromatic heterocycles. The number of hydrogen-bond donors (Lipinski definition) is 1. The van der Waals surface area contributed by atoms with Gasteiger partial charge >= 0.3 is 0 Å². The highest BCUT2D eigenvalue weighted by Crippen LogP contribution is 2.02. The highest BCUT2D eigenvalue weighted by Gasteiger charge is 2.03. The van der Waals surface area contributed by atoms with Crippen LogP contribution in [0.1, 0.15) is 5.82 Å². The Kier molecular flexibility index (Phi) is 2.43. The molecule has 0 fully saturated rings. The summed E-state index contributed by atoms with van der Waals surface area (Å²) in [6.07, 6.45) is 0.521. The zero-order chi connectivity index (χ0) is 8.27. The average molecular weight is 175 g/mol. The van der Waals surface area contributed by atoms with Gasteiger partial charge in [0.25, 0.3) is 0 Å². The zero-order valence-electron chi connectivity index (χ0n) is 5.91. The molecule has 0 spiro atoms. The van der Waals surface area contributed by atoms with Crippen LogP contribution < -0.4 is 5.32 Å². The first-order valence-corrected chi connectivity index (χ1v) is 3.47. The monoisotopic (exact) mass is 174 g/mol. The van der Waals surface area contributed by atoms with Gasteiger partial charge in [0.1, 0.15) is 5.82 Å². The van der Waals surface area contributed by atoms with E-state index in [2.05, 4.69) is 15.4 Å². The van der Waals surface area contributed by atoms with Crippen molar-refractivity contribution in [2.45, 2.75) is 5.88 Å². The molecule has 0 unspecified atom stereocenters. The summed E-state index contributed by atoms with van der Waals surface area (Å²) >= 11 is 5.51. The van der Waals surface area contributed by atoms with Crippen molar-refractivity contribution in [1.82, 2.24) is 14.8 Å². The van der Waals surface area contributed by atoms with E-state index in [1.165, 1.54) is 4.68 Å². The number of aryl methyl sites for hydroxylation is 1. The second-order valence-corrected chi connectivity index (χ2v) is 2.14. The van der Waals surface area contributed by atoms with Crippen LogP contribution in [-0.2, 0) is 17.7 Å². The lowest BCUT2D eigenvalue weighted by molar-refractivity contribution is -0.105. The van der Waals surface area contributed by atoms with Gasteiger partial charge in [-0.15, -0.1) is 16.7 Å². The molecule has 0 aliphatic rings. The number of hydrogen-bond acceptors (Lipinski definition) is 3. The van der Waals surface area contributed by atoms with E-state index in [0.717, 1.165) is 0 Å². The van der Waals surface area contributed by atoms with Gasteiger partial charge in [-0.25, -0.2) is 4.68 Å². The highest BCUT2D eigenvalue weighted by atomic mass is 35.5. The van der Waals surface area contributed by atoms with Gasteiger partial charge < -0.3 is 0 Å². The first-order valence-electron chi connectivity index (χ1n) is 2.94. The Balaban J connectivity index is 2.85. The third-order valence-electron chi connectivity index (χ3n) is 1.16. The van der Waals surface area contributed by atoms with E-state index in [1.807, 2.05) is 0 Å². The maximum Gasteiger partial charge on any atom is 0.248 e. The summed E-state index contributed by atoms with van der Waals surface area (Å²) < 4.78 is 1.51. The molecule has 1 aromatic rings. The van der Waals surface area contributed by atoms with Crippen LogP contribution in [0.5, 0.6) is 0 Å². The summed E-state index contributed by atoms with van der Waals surface area (Å²) in [6.45, 7) is 0. The van der Waals surface area contributed by atoms with E-state index in [-0.39, 0.29) is 11.8 Å². The third kappa shape index (κ3) is 1.68. The molecule has 0 bridgehead atoms. The maximum absolute atomic E-state index is 9.95. The predicted molar refractivity (Wildman–Crippen MR) is 40.2 cm³/mol. The normalized spacial score (nSPS) is 9.64. The summed E-state index contributed by atoms with van der Waals surface area (Å²) in [5.74, 6) is 1.18. The average Bonchev–Trinajstić information content (AvgIpc) is 2.32. The first-order chi connectivity index (χ1) is 5.27. The van der Waals surface area contributed by atoms with Crippen LogP contribution in [0.3, 0.4) is 0 Å². The number of nitrogens with one attached hydrogen (secondary N) is 1. The quantitative estimate of drug-likeness (QED) is 0.523. The van der Waals surface area contributed by atoms with Crippen LogP contribution in [-0.4, -0.2) is 21.2 Å². The van der Waals surface area contributed by atoms with Crippen molar-refractivity contribution in [3.8, 4) is 0 Å². The van der Waals surface area contributed by atoms with Crippen LogP contribution >= 0.6 is 11.6 Å². The number of carbonyl (C=O) groups excluding carboxylic acids is 1. The Labute approximate surface area is 68.4 Å². The minimum Gasteiger partial charge on any atom is -0.296 e. The molecule has 0 aliphatic heterocycles. The predicted octanol–water partition coefficient (Wildman–Crippen LogP) is 0.122. The smallest absolute Gasteiger partial charge is 0.248 e. The van der Waals surface area contributed by atoms with Gasteiger partial charge in [0.15, 0.2) is 0 Å². The van der Waals surface area contributed by atoms with Crippen molar-refractivity contribution in [3.05, 3.63) is 5.82 Å². The molecule has 0 saturated heterocycles. The number of halogens is 1. The van der Waals surface area contributed by atoms with Gasteiger partial charge in [0.05, 0.1) is 5.88 Å². The molecule has 1 N–H and O–H groups in total. The van der Waals surface area contributed by atoms with Crippen molar-refractivity contribution in [1.29, 1.82) is 0 Å². The lowest BCUT2D eigenvalue weighted by atomic mass is 10.7. The number of aromatic nitrogens is 3. The fraction of sp³-hybridized carbons (Fsp3) is 0.400. The number of carbonyl (C=O) groups is 1. The fourth-order valence-electron chi connectivity index (χ4n) is 0.647. The Bertz CT molecular complexity index is 259. The maximum atomic E-state index is 9.95. The van der Waals surface area contributed by atoms with Gasteiger partial charge in [-0.05, 0) is 0 Å². The number of nitrogens with zero attached hydrogens (tertiary/aromatic N) is 3. The Morgan fingerprint density at radius 3 is 3.00 bits per heavy atom. The minimum atomic E-state index is 0.276. The number of alkyl halides is 1. The molecule has 0 radical (unpaired) electrons. The molecule has 6 heteroatoms. The van der Waals surface area contributed by atoms with Gasteiger partial charge in [0.2, 0.25) is 12.4 Å². The molecular weight excluding hydrogens is 168 g/mol. The number of anilines is 1. The number of amides is 1. The molecule has 11 heavy (non-hydrogen) atoms. The van der Waals surface area contributed by atoms with Crippen LogP contribution in [0.25, 0.3) is 0 Å². The van der Waals surface area contributed by atoms with E-state index in [0.29, 0.717) is 12.2 Å². The second kappa shape index (κ2) is 3.34. The molecule has 5 nitrogen and oxygen atoms in total. The van der Waals surface area contributed by atoms with Crippen LogP contribution in [0, 0.1) is 0 Å². The van der Waals surface area contributed by atoms with E-state index in [1.54, 1.807) is 7.05 Å². The van der Waals surface area contributed by atoms with Crippen molar-refractivity contribution >= 4 is 24.0 Å². The fourth-order valence-corrected chi connectivity index (χ4v) is 0.880. The highest BCUT2D eigenvalue weighted by molar-refractivity contribution is 6.16. The van der Waals surface area contributed by atoms with E-state index < -0.39 is 0 Å². The molecular formula is C5H7ClN4O. The summed E-state index contributed by atoms with van der Waals surface area (Å²) in [4.78, 5) is 13.8. The van der Waals surface area contributed by atoms with Gasteiger partial charge in [0, 0.05) is 7.05 Å². The summed E-state index contributed by atoms with van der Waals surface area (Å²) in [5, 5.41) is 6.17. The molecule has 60 valence electrons. The molecule has 0 saturated carbocycles. The Hall–Kier alpha value is -1.10. The van der Waals surface area contributed by atoms with E-state index in [4.69, 9.17) is 11.6 Å². The Morgan fingerprint density at radius 2 is 2.55 bits per heavy atom. The van der Waals surface area contributed by atoms with Crippen LogP contribution in [0.4, 0.5) is 5.95 Å². The minimum absolute atomic E-state index is 0.276. The summed E-state index contributed by atoms with van der Waals surface area (Å²) in [6, 6.07) is 0. The second-order valence-electron chi connectivity index (χ2n) is 1.87. The summed E-state index contributed by atoms with van der Waals surface area (Å²) in [7, 11) is 1.71. The lowest BCUT2D eigenvalue weighted by Gasteiger charge is -1.88. The first kappa shape index (κ1) is 8.00. The van der Waals surface area contributed by atoms with E-state index in [9.17, 15) is 4.79 Å². The van der Waals surface area contributed by atoms with Gasteiger partial charge in [-0.2, -0.15) is 4.98 Å². The van der Waals surface area contributed by atoms with Gasteiger partial charge in [-0.1, -0.05) is 0 Å². The van der Waals surface area contributed by atoms with Gasteiger partial charge in [-0.3, -0.25) is 10.1 Å². The molecule has 1 heterocycles. The van der Waals surface area contributed by atoms with Crippen LogP contribution in [0.15, 0.2) is 0 Å². The zero-order valence-corrected chi connectivity index (χ0v) is 6.67.